The second-order valence-corrected chi connectivity index (χ2v) is 7.00. The van der Waals surface area contributed by atoms with Gasteiger partial charge in [-0.2, -0.15) is 0 Å². The summed E-state index contributed by atoms with van der Waals surface area (Å²) in [6, 6.07) is 22.1. The van der Waals surface area contributed by atoms with Gasteiger partial charge in [-0.05, 0) is 49.7 Å². The van der Waals surface area contributed by atoms with Crippen molar-refractivity contribution in [2.24, 2.45) is 0 Å². The molecular weight excluding hydrogens is 374 g/mol. The van der Waals surface area contributed by atoms with Crippen LogP contribution < -0.4 is 14.8 Å². The van der Waals surface area contributed by atoms with Crippen molar-refractivity contribution in [2.45, 2.75) is 26.6 Å². The van der Waals surface area contributed by atoms with E-state index < -0.39 is 0 Å². The quantitative estimate of drug-likeness (QED) is 0.537. The lowest BCUT2D eigenvalue weighted by Crippen LogP contribution is -2.14. The first kappa shape index (κ1) is 19.8. The van der Waals surface area contributed by atoms with Gasteiger partial charge >= 0.3 is 0 Å². The average molecular weight is 396 g/mol. The van der Waals surface area contributed by atoms with Crippen LogP contribution in [0.15, 0.2) is 72.8 Å². The summed E-state index contributed by atoms with van der Waals surface area (Å²) in [4.78, 5) is 12.8. The van der Waals surface area contributed by atoms with Gasteiger partial charge in [0.25, 0.3) is 5.91 Å². The van der Waals surface area contributed by atoms with E-state index in [1.54, 1.807) is 30.3 Å². The van der Waals surface area contributed by atoms with Crippen LogP contribution in [0.25, 0.3) is 0 Å². The normalized spacial score (nSPS) is 10.6. The number of rotatable bonds is 7. The molecule has 0 bridgehead atoms. The minimum atomic E-state index is -0.299. The Hall–Kier alpha value is -2.98. The highest BCUT2D eigenvalue weighted by Crippen LogP contribution is 2.26. The van der Waals surface area contributed by atoms with Crippen LogP contribution in [-0.2, 0) is 6.61 Å². The molecule has 1 N–H and O–H groups in total. The van der Waals surface area contributed by atoms with Gasteiger partial charge in [-0.25, -0.2) is 0 Å². The Balaban J connectivity index is 1.76. The number of anilines is 1. The predicted octanol–water partition coefficient (Wildman–Crippen LogP) is 5.96. The maximum absolute atomic E-state index is 12.8. The summed E-state index contributed by atoms with van der Waals surface area (Å²) < 4.78 is 11.5. The Morgan fingerprint density at radius 1 is 1.00 bits per heavy atom. The first-order valence-electron chi connectivity index (χ1n) is 9.05. The summed E-state index contributed by atoms with van der Waals surface area (Å²) >= 11 is 6.11. The first-order valence-corrected chi connectivity index (χ1v) is 9.43. The largest absolute Gasteiger partial charge is 0.491 e. The predicted molar refractivity (Wildman–Crippen MR) is 112 cm³/mol. The van der Waals surface area contributed by atoms with Gasteiger partial charge in [-0.3, -0.25) is 4.79 Å². The van der Waals surface area contributed by atoms with Gasteiger partial charge in [0.1, 0.15) is 18.1 Å². The fraction of sp³-hybridized carbons (Fsp3) is 0.174. The molecule has 0 aliphatic heterocycles. The lowest BCUT2D eigenvalue weighted by atomic mass is 10.1. The molecule has 0 spiro atoms. The molecule has 0 radical (unpaired) electrons. The molecule has 0 atom stereocenters. The molecule has 3 aromatic carbocycles. The molecule has 5 heteroatoms. The number of hydrogen-bond donors (Lipinski definition) is 1. The van der Waals surface area contributed by atoms with Gasteiger partial charge in [0, 0.05) is 16.8 Å². The van der Waals surface area contributed by atoms with E-state index >= 15 is 0 Å². The fourth-order valence-corrected chi connectivity index (χ4v) is 2.83. The molecule has 3 aromatic rings. The minimum absolute atomic E-state index is 0.0527. The molecule has 0 heterocycles. The zero-order chi connectivity index (χ0) is 19.9. The average Bonchev–Trinajstić information content (AvgIpc) is 2.67. The number of amides is 1. The number of nitrogens with one attached hydrogen (secondary N) is 1. The second kappa shape index (κ2) is 9.29. The summed E-state index contributed by atoms with van der Waals surface area (Å²) in [5.74, 6) is 0.868. The smallest absolute Gasteiger partial charge is 0.259 e. The molecule has 1 amide bonds. The summed E-state index contributed by atoms with van der Waals surface area (Å²) in [7, 11) is 0. The van der Waals surface area contributed by atoms with E-state index in [1.165, 1.54) is 0 Å². The summed E-state index contributed by atoms with van der Waals surface area (Å²) in [6.45, 7) is 4.27. The van der Waals surface area contributed by atoms with Gasteiger partial charge in [0.05, 0.1) is 11.7 Å². The highest BCUT2D eigenvalue weighted by molar-refractivity contribution is 6.31. The zero-order valence-corrected chi connectivity index (χ0v) is 16.6. The highest BCUT2D eigenvalue weighted by Gasteiger charge is 2.14. The molecule has 0 aliphatic rings. The zero-order valence-electron chi connectivity index (χ0n) is 15.8. The molecule has 0 saturated carbocycles. The Morgan fingerprint density at radius 2 is 1.79 bits per heavy atom. The molecule has 0 unspecified atom stereocenters. The van der Waals surface area contributed by atoms with Crippen molar-refractivity contribution in [1.82, 2.24) is 0 Å². The maximum Gasteiger partial charge on any atom is 0.259 e. The molecular formula is C23H22ClNO3. The Kier molecular flexibility index (Phi) is 6.56. The second-order valence-electron chi connectivity index (χ2n) is 6.56. The van der Waals surface area contributed by atoms with E-state index in [2.05, 4.69) is 5.32 Å². The fourth-order valence-electron chi connectivity index (χ4n) is 2.66. The molecule has 28 heavy (non-hydrogen) atoms. The van der Waals surface area contributed by atoms with E-state index in [0.717, 1.165) is 5.56 Å². The molecule has 0 aliphatic carbocycles. The van der Waals surface area contributed by atoms with Crippen LogP contribution in [0.2, 0.25) is 5.02 Å². The van der Waals surface area contributed by atoms with Crippen molar-refractivity contribution in [1.29, 1.82) is 0 Å². The lowest BCUT2D eigenvalue weighted by molar-refractivity contribution is 0.102. The van der Waals surface area contributed by atoms with E-state index in [0.29, 0.717) is 34.4 Å². The van der Waals surface area contributed by atoms with Crippen molar-refractivity contribution >= 4 is 23.2 Å². The molecule has 0 aromatic heterocycles. The standard InChI is InChI=1S/C23H22ClNO3/c1-16(2)28-20-10-6-9-19(14-20)25-23(26)21-13-18(24)11-12-22(21)27-15-17-7-4-3-5-8-17/h3-14,16H,15H2,1-2H3,(H,25,26). The van der Waals surface area contributed by atoms with Gasteiger partial charge in [-0.15, -0.1) is 0 Å². The number of hydrogen-bond acceptors (Lipinski definition) is 3. The Morgan fingerprint density at radius 3 is 2.54 bits per heavy atom. The van der Waals surface area contributed by atoms with Crippen molar-refractivity contribution in [3.05, 3.63) is 88.9 Å². The van der Waals surface area contributed by atoms with Crippen LogP contribution in [0.4, 0.5) is 5.69 Å². The van der Waals surface area contributed by atoms with Gasteiger partial charge in [0.2, 0.25) is 0 Å². The number of carbonyl (C=O) groups is 1. The molecule has 0 fully saturated rings. The highest BCUT2D eigenvalue weighted by atomic mass is 35.5. The van der Waals surface area contributed by atoms with Crippen molar-refractivity contribution in [3.8, 4) is 11.5 Å². The third kappa shape index (κ3) is 5.51. The number of carbonyl (C=O) groups excluding carboxylic acids is 1. The van der Waals surface area contributed by atoms with Crippen LogP contribution in [0, 0.1) is 0 Å². The number of ether oxygens (including phenoxy) is 2. The lowest BCUT2D eigenvalue weighted by Gasteiger charge is -2.14. The van der Waals surface area contributed by atoms with Crippen LogP contribution in [-0.4, -0.2) is 12.0 Å². The Labute approximate surface area is 170 Å². The molecule has 4 nitrogen and oxygen atoms in total. The van der Waals surface area contributed by atoms with Crippen LogP contribution in [0.1, 0.15) is 29.8 Å². The Bertz CT molecular complexity index is 942. The van der Waals surface area contributed by atoms with Gasteiger partial charge < -0.3 is 14.8 Å². The van der Waals surface area contributed by atoms with Gasteiger partial charge in [0.15, 0.2) is 0 Å². The van der Waals surface area contributed by atoms with Crippen LogP contribution in [0.5, 0.6) is 11.5 Å². The van der Waals surface area contributed by atoms with E-state index in [9.17, 15) is 4.79 Å². The molecule has 144 valence electrons. The van der Waals surface area contributed by atoms with Crippen molar-refractivity contribution in [2.75, 3.05) is 5.32 Å². The topological polar surface area (TPSA) is 47.6 Å². The molecule has 0 saturated heterocycles. The van der Waals surface area contributed by atoms with Crippen LogP contribution in [0.3, 0.4) is 0 Å². The van der Waals surface area contributed by atoms with Crippen molar-refractivity contribution < 1.29 is 14.3 Å². The van der Waals surface area contributed by atoms with E-state index in [4.69, 9.17) is 21.1 Å². The first-order chi connectivity index (χ1) is 13.5. The minimum Gasteiger partial charge on any atom is -0.491 e. The third-order valence-electron chi connectivity index (χ3n) is 3.89. The summed E-state index contributed by atoms with van der Waals surface area (Å²) in [6.07, 6.45) is 0.0527. The monoisotopic (exact) mass is 395 g/mol. The SMILES string of the molecule is CC(C)Oc1cccc(NC(=O)c2cc(Cl)ccc2OCc2ccccc2)c1. The third-order valence-corrected chi connectivity index (χ3v) is 4.12. The number of benzene rings is 3. The number of halogens is 1. The summed E-state index contributed by atoms with van der Waals surface area (Å²) in [5, 5.41) is 3.35. The van der Waals surface area contributed by atoms with Crippen molar-refractivity contribution in [3.63, 3.8) is 0 Å². The van der Waals surface area contributed by atoms with Crippen LogP contribution >= 0.6 is 11.6 Å². The van der Waals surface area contributed by atoms with E-state index in [1.807, 2.05) is 56.3 Å². The maximum atomic E-state index is 12.8. The van der Waals surface area contributed by atoms with Gasteiger partial charge in [-0.1, -0.05) is 48.0 Å². The molecule has 3 rings (SSSR count). The summed E-state index contributed by atoms with van der Waals surface area (Å²) in [5.41, 5.74) is 2.03. The van der Waals surface area contributed by atoms with E-state index in [-0.39, 0.29) is 12.0 Å².